The van der Waals surface area contributed by atoms with Gasteiger partial charge in [-0.15, -0.1) is 0 Å². The molecule has 5 fully saturated rings. The fourth-order valence-electron chi connectivity index (χ4n) is 3.19. The molecule has 0 aromatic rings. The van der Waals surface area contributed by atoms with Crippen molar-refractivity contribution < 1.29 is 43.9 Å². The normalized spacial score (nSPS) is 63.9. The number of hydrogen-bond acceptors (Lipinski definition) is 0. The Morgan fingerprint density at radius 1 is 0.294 bits per heavy atom. The van der Waals surface area contributed by atoms with Crippen molar-refractivity contribution in [3.8, 4) is 0 Å². The molecule has 0 N–H and O–H groups in total. The summed E-state index contributed by atoms with van der Waals surface area (Å²) in [5.74, 6) is -17.9. The van der Waals surface area contributed by atoms with Crippen LogP contribution in [0.4, 0.5) is 43.9 Å². The van der Waals surface area contributed by atoms with Gasteiger partial charge in [0, 0.05) is 0 Å². The van der Waals surface area contributed by atoms with Gasteiger partial charge in [-0.2, -0.15) is 26.3 Å². The Hall–Kier alpha value is -0.700. The molecule has 17 heavy (non-hydrogen) atoms. The summed E-state index contributed by atoms with van der Waals surface area (Å²) in [6.45, 7) is 0. The third-order valence-electron chi connectivity index (χ3n) is 4.02. The largest absolute Gasteiger partial charge is 0.334 e. The highest BCUT2D eigenvalue weighted by Gasteiger charge is 3.32. The smallest absolute Gasteiger partial charge is 0.229 e. The van der Waals surface area contributed by atoms with Gasteiger partial charge in [-0.1, -0.05) is 0 Å². The molecule has 0 saturated heterocycles. The third-order valence-corrected chi connectivity index (χ3v) is 4.02. The van der Waals surface area contributed by atoms with Gasteiger partial charge in [0.05, 0.1) is 0 Å². The first-order valence-electron chi connectivity index (χ1n) is 4.14. The van der Waals surface area contributed by atoms with E-state index in [0.29, 0.717) is 0 Å². The van der Waals surface area contributed by atoms with E-state index >= 15 is 0 Å². The minimum atomic E-state index is -6.16. The van der Waals surface area contributed by atoms with E-state index in [1.54, 1.807) is 0 Å². The quantitative estimate of drug-likeness (QED) is 0.596. The zero-order valence-electron chi connectivity index (χ0n) is 7.28. The van der Waals surface area contributed by atoms with Crippen LogP contribution in [-0.2, 0) is 0 Å². The van der Waals surface area contributed by atoms with Gasteiger partial charge < -0.3 is 0 Å². The van der Waals surface area contributed by atoms with Gasteiger partial charge in [-0.3, -0.25) is 0 Å². The standard InChI is InChI=1S/C7F10/c8-1-2(9)4(11,5(1,12)13)7(16,17)3(1,10)6(2,14)15/t1-,2-,3-,4-/m0/s1. The molecule has 5 aliphatic carbocycles. The molecule has 0 radical (unpaired) electrons. The summed E-state index contributed by atoms with van der Waals surface area (Å²) in [6, 6.07) is 0. The third kappa shape index (κ3) is 0.420. The average molecular weight is 274 g/mol. The second-order valence-corrected chi connectivity index (χ2v) is 4.36. The van der Waals surface area contributed by atoms with Crippen molar-refractivity contribution in [3.63, 3.8) is 0 Å². The Kier molecular flexibility index (Phi) is 1.23. The maximum absolute atomic E-state index is 13.2. The Bertz CT molecular complexity index is 418. The predicted octanol–water partition coefficient (Wildman–Crippen LogP) is 2.77. The number of alkyl halides is 10. The number of halogens is 10. The summed E-state index contributed by atoms with van der Waals surface area (Å²) >= 11 is 0. The zero-order chi connectivity index (χ0) is 13.5. The van der Waals surface area contributed by atoms with E-state index in [2.05, 4.69) is 0 Å². The molecule has 0 aromatic heterocycles. The lowest BCUT2D eigenvalue weighted by Gasteiger charge is -2.65. The molecule has 5 rings (SSSR count). The van der Waals surface area contributed by atoms with E-state index < -0.39 is 40.4 Å². The molecule has 4 bridgehead atoms. The minimum Gasteiger partial charge on any atom is -0.229 e. The Morgan fingerprint density at radius 2 is 0.471 bits per heavy atom. The molecule has 0 spiro atoms. The van der Waals surface area contributed by atoms with Gasteiger partial charge >= 0.3 is 17.8 Å². The van der Waals surface area contributed by atoms with Gasteiger partial charge in [-0.05, 0) is 0 Å². The number of hydrogen-bond donors (Lipinski definition) is 0. The first-order valence-corrected chi connectivity index (χ1v) is 4.14. The van der Waals surface area contributed by atoms with E-state index in [4.69, 9.17) is 0 Å². The second kappa shape index (κ2) is 1.83. The maximum atomic E-state index is 13.2. The Morgan fingerprint density at radius 3 is 0.588 bits per heavy atom. The van der Waals surface area contributed by atoms with Gasteiger partial charge in [-0.25, -0.2) is 17.6 Å². The van der Waals surface area contributed by atoms with E-state index in [1.165, 1.54) is 0 Å². The van der Waals surface area contributed by atoms with Crippen LogP contribution in [0.5, 0.6) is 0 Å². The fourth-order valence-corrected chi connectivity index (χ4v) is 3.19. The molecular formula is C7F10. The molecule has 0 amide bonds. The lowest BCUT2D eigenvalue weighted by Crippen LogP contribution is -2.99. The summed E-state index contributed by atoms with van der Waals surface area (Å²) in [5, 5.41) is 0. The molecule has 0 aromatic carbocycles. The van der Waals surface area contributed by atoms with Crippen molar-refractivity contribution in [2.24, 2.45) is 0 Å². The van der Waals surface area contributed by atoms with E-state index in [-0.39, 0.29) is 0 Å². The van der Waals surface area contributed by atoms with Crippen molar-refractivity contribution >= 4 is 0 Å². The SMILES string of the molecule is FC1(F)[C@@]2(F)C(F)(F)[C@@]3(F)[C@]1(F)C(F)(F)[C@@]23F. The van der Waals surface area contributed by atoms with Gasteiger partial charge in [0.2, 0.25) is 0 Å². The lowest BCUT2D eigenvalue weighted by molar-refractivity contribution is -0.489. The average Bonchev–Trinajstić information content (AvgIpc) is 2.37. The summed E-state index contributed by atoms with van der Waals surface area (Å²) in [4.78, 5) is 0. The number of rotatable bonds is 0. The van der Waals surface area contributed by atoms with Gasteiger partial charge in [0.25, 0.3) is 22.7 Å². The molecule has 0 unspecified atom stereocenters. The Labute approximate surface area is 85.6 Å². The monoisotopic (exact) mass is 274 g/mol. The lowest BCUT2D eigenvalue weighted by atomic mass is 9.47. The van der Waals surface area contributed by atoms with Crippen molar-refractivity contribution in [3.05, 3.63) is 0 Å². The zero-order valence-corrected chi connectivity index (χ0v) is 7.28. The predicted molar refractivity (Wildman–Crippen MR) is 30.2 cm³/mol. The molecule has 10 heteroatoms. The van der Waals surface area contributed by atoms with Crippen molar-refractivity contribution in [1.29, 1.82) is 0 Å². The molecular weight excluding hydrogens is 274 g/mol. The van der Waals surface area contributed by atoms with Crippen LogP contribution < -0.4 is 0 Å². The highest BCUT2D eigenvalue weighted by Crippen LogP contribution is 2.97. The van der Waals surface area contributed by atoms with Crippen LogP contribution in [-0.4, -0.2) is 40.4 Å². The fraction of sp³-hybridized carbons (Fsp3) is 1.00. The van der Waals surface area contributed by atoms with Crippen LogP contribution in [0.15, 0.2) is 0 Å². The van der Waals surface area contributed by atoms with Crippen LogP contribution in [0.2, 0.25) is 0 Å². The first-order chi connectivity index (χ1) is 7.25. The van der Waals surface area contributed by atoms with E-state index in [0.717, 1.165) is 0 Å². The van der Waals surface area contributed by atoms with Crippen LogP contribution >= 0.6 is 0 Å². The molecule has 5 saturated carbocycles. The topological polar surface area (TPSA) is 0 Å². The van der Waals surface area contributed by atoms with E-state index in [9.17, 15) is 43.9 Å². The van der Waals surface area contributed by atoms with Crippen molar-refractivity contribution in [2.75, 3.05) is 0 Å². The minimum absolute atomic E-state index is 5.55. The molecule has 0 heterocycles. The summed E-state index contributed by atoms with van der Waals surface area (Å²) in [7, 11) is 0. The van der Waals surface area contributed by atoms with E-state index in [1.807, 2.05) is 0 Å². The second-order valence-electron chi connectivity index (χ2n) is 4.36. The molecule has 5 aliphatic rings. The molecule has 0 aliphatic heterocycles. The summed E-state index contributed by atoms with van der Waals surface area (Å²) < 4.78 is 129. The van der Waals surface area contributed by atoms with Crippen molar-refractivity contribution in [1.82, 2.24) is 0 Å². The van der Waals surface area contributed by atoms with Crippen LogP contribution in [0.1, 0.15) is 0 Å². The first kappa shape index (κ1) is 11.4. The van der Waals surface area contributed by atoms with Crippen LogP contribution in [0.3, 0.4) is 0 Å². The maximum Gasteiger partial charge on any atom is 0.334 e. The summed E-state index contributed by atoms with van der Waals surface area (Å²) in [5.41, 5.74) is -22.8. The van der Waals surface area contributed by atoms with Gasteiger partial charge in [0.1, 0.15) is 0 Å². The summed E-state index contributed by atoms with van der Waals surface area (Å²) in [6.07, 6.45) is 0. The highest BCUT2D eigenvalue weighted by molar-refractivity contribution is 5.67. The Balaban J connectivity index is 2.42. The van der Waals surface area contributed by atoms with Crippen molar-refractivity contribution in [2.45, 2.75) is 40.4 Å². The van der Waals surface area contributed by atoms with Gasteiger partial charge in [0.15, 0.2) is 0 Å². The highest BCUT2D eigenvalue weighted by atomic mass is 19.3. The molecule has 4 atom stereocenters. The molecule has 0 nitrogen and oxygen atoms in total. The van der Waals surface area contributed by atoms with Crippen LogP contribution in [0.25, 0.3) is 0 Å². The van der Waals surface area contributed by atoms with Crippen LogP contribution in [0, 0.1) is 0 Å². The molecule has 98 valence electrons.